The third-order valence-electron chi connectivity index (χ3n) is 5.28. The number of hydrogen-bond acceptors (Lipinski definition) is 5. The molecule has 1 unspecified atom stereocenters. The number of aliphatic hydroxyl groups is 1. The lowest BCUT2D eigenvalue weighted by atomic mass is 9.85. The Balaban J connectivity index is 1.76. The number of β-amino-alcohol motifs (C(OH)–C–C–N with tert-alkyl or cyclic N) is 1. The van der Waals surface area contributed by atoms with Gasteiger partial charge in [0.05, 0.1) is 30.4 Å². The van der Waals surface area contributed by atoms with Gasteiger partial charge in [0, 0.05) is 36.6 Å². The molecule has 1 aromatic rings. The van der Waals surface area contributed by atoms with E-state index < -0.39 is 23.7 Å². The number of carbonyl (C=O) groups is 2. The van der Waals surface area contributed by atoms with Gasteiger partial charge in [-0.1, -0.05) is 0 Å². The second-order valence-corrected chi connectivity index (χ2v) is 6.66. The molecule has 3 atom stereocenters. The van der Waals surface area contributed by atoms with Crippen LogP contribution in [0.1, 0.15) is 36.8 Å². The molecule has 3 aliphatic heterocycles. The first-order valence-corrected chi connectivity index (χ1v) is 8.24. The van der Waals surface area contributed by atoms with Crippen LogP contribution in [0, 0.1) is 5.82 Å². The molecule has 0 bridgehead atoms. The third kappa shape index (κ3) is 2.18. The average molecular weight is 334 g/mol. The van der Waals surface area contributed by atoms with Crippen molar-refractivity contribution in [1.82, 2.24) is 5.32 Å². The van der Waals surface area contributed by atoms with Crippen LogP contribution in [0.5, 0.6) is 5.75 Å². The van der Waals surface area contributed by atoms with Crippen LogP contribution >= 0.6 is 0 Å². The Morgan fingerprint density at radius 3 is 2.83 bits per heavy atom. The van der Waals surface area contributed by atoms with Crippen molar-refractivity contribution in [3.8, 4) is 5.75 Å². The van der Waals surface area contributed by atoms with Gasteiger partial charge in [-0.2, -0.15) is 0 Å². The fourth-order valence-electron chi connectivity index (χ4n) is 3.82. The summed E-state index contributed by atoms with van der Waals surface area (Å²) in [6, 6.07) is 1.30. The fourth-order valence-corrected chi connectivity index (χ4v) is 3.82. The summed E-state index contributed by atoms with van der Waals surface area (Å²) in [7, 11) is 0. The number of aliphatic hydroxyl groups excluding tert-OH is 1. The summed E-state index contributed by atoms with van der Waals surface area (Å²) in [5.74, 6) is -1.26. The molecule has 0 radical (unpaired) electrons. The molecule has 2 fully saturated rings. The van der Waals surface area contributed by atoms with E-state index in [0.717, 1.165) is 0 Å². The van der Waals surface area contributed by atoms with Crippen molar-refractivity contribution in [1.29, 1.82) is 0 Å². The lowest BCUT2D eigenvalue weighted by Crippen LogP contribution is -2.58. The van der Waals surface area contributed by atoms with Gasteiger partial charge in [-0.25, -0.2) is 4.39 Å². The second kappa shape index (κ2) is 5.44. The summed E-state index contributed by atoms with van der Waals surface area (Å²) in [6.45, 7) is 2.76. The van der Waals surface area contributed by atoms with Gasteiger partial charge in [-0.05, 0) is 13.3 Å². The maximum atomic E-state index is 14.9. The summed E-state index contributed by atoms with van der Waals surface area (Å²) >= 11 is 0. The van der Waals surface area contributed by atoms with E-state index in [2.05, 4.69) is 5.32 Å². The number of carbonyl (C=O) groups excluding carboxylic acids is 2. The Bertz CT molecular complexity index is 736. The minimum atomic E-state index is -0.661. The lowest BCUT2D eigenvalue weighted by Gasteiger charge is -2.45. The van der Waals surface area contributed by atoms with Crippen LogP contribution < -0.4 is 15.0 Å². The molecule has 2 N–H and O–H groups in total. The molecule has 1 aromatic carbocycles. The number of hydrogen-bond donors (Lipinski definition) is 2. The molecule has 4 rings (SSSR count). The highest BCUT2D eigenvalue weighted by molar-refractivity contribution is 6.01. The lowest BCUT2D eigenvalue weighted by molar-refractivity contribution is -0.134. The van der Waals surface area contributed by atoms with Gasteiger partial charge >= 0.3 is 0 Å². The topological polar surface area (TPSA) is 78.9 Å². The maximum Gasteiger partial charge on any atom is 0.234 e. The smallest absolute Gasteiger partial charge is 0.234 e. The SMILES string of the molecule is C[C@H]1[C@H](O)CN1c1cc(F)c(C2CCC(=O)NC2=O)c2c1OCC2. The summed E-state index contributed by atoms with van der Waals surface area (Å²) in [5.41, 5.74) is 1.70. The Kier molecular flexibility index (Phi) is 3.49. The number of imide groups is 1. The minimum absolute atomic E-state index is 0.0980. The van der Waals surface area contributed by atoms with Crippen LogP contribution in [-0.4, -0.2) is 42.2 Å². The first-order chi connectivity index (χ1) is 11.5. The third-order valence-corrected chi connectivity index (χ3v) is 5.28. The van der Waals surface area contributed by atoms with Crippen molar-refractivity contribution in [2.75, 3.05) is 18.1 Å². The number of nitrogens with zero attached hydrogens (tertiary/aromatic N) is 1. The molecule has 24 heavy (non-hydrogen) atoms. The van der Waals surface area contributed by atoms with Gasteiger partial charge in [0.2, 0.25) is 11.8 Å². The van der Waals surface area contributed by atoms with E-state index in [9.17, 15) is 19.1 Å². The normalized spacial score (nSPS) is 29.0. The van der Waals surface area contributed by atoms with Crippen molar-refractivity contribution in [2.24, 2.45) is 0 Å². The van der Waals surface area contributed by atoms with Gasteiger partial charge in [0.1, 0.15) is 11.6 Å². The predicted molar refractivity (Wildman–Crippen MR) is 83.5 cm³/mol. The predicted octanol–water partition coefficient (Wildman–Crippen LogP) is 0.850. The molecule has 6 nitrogen and oxygen atoms in total. The van der Waals surface area contributed by atoms with Crippen molar-refractivity contribution in [3.63, 3.8) is 0 Å². The number of piperidine rings is 1. The minimum Gasteiger partial charge on any atom is -0.491 e. The molecular formula is C17H19FN2O4. The van der Waals surface area contributed by atoms with Crippen molar-refractivity contribution in [2.45, 2.75) is 44.2 Å². The molecule has 3 heterocycles. The molecule has 7 heteroatoms. The van der Waals surface area contributed by atoms with Crippen LogP contribution in [-0.2, 0) is 16.0 Å². The van der Waals surface area contributed by atoms with E-state index in [4.69, 9.17) is 4.74 Å². The van der Waals surface area contributed by atoms with Crippen molar-refractivity contribution < 1.29 is 23.8 Å². The van der Waals surface area contributed by atoms with E-state index in [1.54, 1.807) is 0 Å². The molecule has 2 saturated heterocycles. The largest absolute Gasteiger partial charge is 0.491 e. The molecule has 0 spiro atoms. The van der Waals surface area contributed by atoms with Gasteiger partial charge in [0.15, 0.2) is 0 Å². The number of amides is 2. The monoisotopic (exact) mass is 334 g/mol. The molecule has 0 aliphatic carbocycles. The Morgan fingerprint density at radius 2 is 2.17 bits per heavy atom. The molecule has 128 valence electrons. The van der Waals surface area contributed by atoms with Gasteiger partial charge in [-0.3, -0.25) is 14.9 Å². The highest BCUT2D eigenvalue weighted by Crippen LogP contribution is 2.45. The van der Waals surface area contributed by atoms with Crippen LogP contribution in [0.4, 0.5) is 10.1 Å². The Morgan fingerprint density at radius 1 is 1.38 bits per heavy atom. The van der Waals surface area contributed by atoms with E-state index in [-0.39, 0.29) is 18.4 Å². The first-order valence-electron chi connectivity index (χ1n) is 8.24. The quantitative estimate of drug-likeness (QED) is 0.784. The van der Waals surface area contributed by atoms with Crippen LogP contribution in [0.3, 0.4) is 0 Å². The fraction of sp³-hybridized carbons (Fsp3) is 0.529. The molecule has 0 aromatic heterocycles. The molecule has 2 amide bonds. The van der Waals surface area contributed by atoms with Crippen molar-refractivity contribution in [3.05, 3.63) is 23.0 Å². The van der Waals surface area contributed by atoms with Gasteiger partial charge in [-0.15, -0.1) is 0 Å². The average Bonchev–Trinajstić information content (AvgIpc) is 3.02. The number of rotatable bonds is 2. The zero-order chi connectivity index (χ0) is 17.0. The highest BCUT2D eigenvalue weighted by atomic mass is 19.1. The highest BCUT2D eigenvalue weighted by Gasteiger charge is 2.40. The van der Waals surface area contributed by atoms with Crippen LogP contribution in [0.2, 0.25) is 0 Å². The van der Waals surface area contributed by atoms with Crippen molar-refractivity contribution >= 4 is 17.5 Å². The number of benzene rings is 1. The van der Waals surface area contributed by atoms with Gasteiger partial charge < -0.3 is 14.7 Å². The summed E-state index contributed by atoms with van der Waals surface area (Å²) in [4.78, 5) is 25.4. The van der Waals surface area contributed by atoms with Crippen LogP contribution in [0.25, 0.3) is 0 Å². The standard InChI is InChI=1S/C17H19FN2O4/c1-8-13(21)7-20(8)12-6-11(18)15(9-4-5-24-16(9)12)10-2-3-14(22)19-17(10)23/h6,8,10,13,21H,2-5,7H2,1H3,(H,19,22,23)/t8-,10?,13+/m0/s1. The Hall–Kier alpha value is -2.15. The second-order valence-electron chi connectivity index (χ2n) is 6.66. The molecule has 3 aliphatic rings. The van der Waals surface area contributed by atoms with E-state index >= 15 is 0 Å². The van der Waals surface area contributed by atoms with E-state index in [1.807, 2.05) is 11.8 Å². The number of nitrogens with one attached hydrogen (secondary N) is 1. The maximum absolute atomic E-state index is 14.9. The molecule has 0 saturated carbocycles. The summed E-state index contributed by atoms with van der Waals surface area (Å²) in [6.07, 6.45) is 0.632. The number of halogens is 1. The van der Waals surface area contributed by atoms with E-state index in [0.29, 0.717) is 48.6 Å². The zero-order valence-corrected chi connectivity index (χ0v) is 13.3. The summed E-state index contributed by atoms with van der Waals surface area (Å²) in [5, 5.41) is 12.0. The number of fused-ring (bicyclic) bond motifs is 1. The van der Waals surface area contributed by atoms with Gasteiger partial charge in [0.25, 0.3) is 0 Å². The first kappa shape index (κ1) is 15.4. The number of anilines is 1. The Labute approximate surface area is 138 Å². The number of ether oxygens (including phenoxy) is 1. The summed E-state index contributed by atoms with van der Waals surface area (Å²) < 4.78 is 20.6. The molecular weight excluding hydrogens is 315 g/mol. The van der Waals surface area contributed by atoms with E-state index in [1.165, 1.54) is 6.07 Å². The zero-order valence-electron chi connectivity index (χ0n) is 13.3. The van der Waals surface area contributed by atoms with Crippen LogP contribution in [0.15, 0.2) is 6.07 Å².